The van der Waals surface area contributed by atoms with Crippen LogP contribution in [-0.2, 0) is 11.4 Å². The molecular weight excluding hydrogens is 446 g/mol. The van der Waals surface area contributed by atoms with Crippen LogP contribution >= 0.6 is 0 Å². The molecule has 0 saturated heterocycles. The number of nitrogens with one attached hydrogen (secondary N) is 2. The first-order valence-electron chi connectivity index (χ1n) is 12.3. The fourth-order valence-electron chi connectivity index (χ4n) is 4.49. The van der Waals surface area contributed by atoms with Gasteiger partial charge in [-0.2, -0.15) is 0 Å². The molecule has 0 atom stereocenters. The summed E-state index contributed by atoms with van der Waals surface area (Å²) in [5.74, 6) is 0.427. The van der Waals surface area contributed by atoms with Crippen LogP contribution in [0.15, 0.2) is 60.7 Å². The molecule has 0 spiro atoms. The largest absolute Gasteiger partial charge is 0.489 e. The van der Waals surface area contributed by atoms with E-state index in [-0.39, 0.29) is 17.4 Å². The van der Waals surface area contributed by atoms with Gasteiger partial charge >= 0.3 is 0 Å². The molecule has 0 unspecified atom stereocenters. The number of aryl methyl sites for hydroxylation is 1. The number of halogens is 2. The highest BCUT2D eigenvalue weighted by atomic mass is 19.1. The molecule has 0 aliphatic heterocycles. The molecule has 3 aromatic carbocycles. The Morgan fingerprint density at radius 1 is 0.943 bits per heavy atom. The maximum Gasteiger partial charge on any atom is 0.224 e. The summed E-state index contributed by atoms with van der Waals surface area (Å²) < 4.78 is 33.2. The van der Waals surface area contributed by atoms with Crippen molar-refractivity contribution in [3.63, 3.8) is 0 Å². The Morgan fingerprint density at radius 2 is 1.71 bits per heavy atom. The Hall–Kier alpha value is -3.41. The Morgan fingerprint density at radius 3 is 2.46 bits per heavy atom. The normalized spacial score (nSPS) is 13.9. The van der Waals surface area contributed by atoms with Gasteiger partial charge in [0.1, 0.15) is 24.0 Å². The lowest BCUT2D eigenvalue weighted by Crippen LogP contribution is -2.15. The van der Waals surface area contributed by atoms with E-state index in [0.29, 0.717) is 30.4 Å². The molecular formula is C29H32F2N2O2. The third-order valence-electron chi connectivity index (χ3n) is 6.54. The minimum atomic E-state index is -0.456. The molecule has 4 rings (SSSR count). The van der Waals surface area contributed by atoms with E-state index in [1.165, 1.54) is 50.3 Å². The molecule has 184 valence electrons. The number of anilines is 3. The third-order valence-corrected chi connectivity index (χ3v) is 6.54. The lowest BCUT2D eigenvalue weighted by molar-refractivity contribution is -0.116. The summed E-state index contributed by atoms with van der Waals surface area (Å²) in [6.07, 6.45) is 7.44. The third kappa shape index (κ3) is 7.28. The Labute approximate surface area is 205 Å². The summed E-state index contributed by atoms with van der Waals surface area (Å²) >= 11 is 0. The number of carbonyl (C=O) groups excluding carboxylic acids is 1. The maximum absolute atomic E-state index is 14.4. The van der Waals surface area contributed by atoms with Gasteiger partial charge in [-0.05, 0) is 78.9 Å². The molecule has 1 fully saturated rings. The van der Waals surface area contributed by atoms with Gasteiger partial charge in [0.05, 0.1) is 5.69 Å². The molecule has 6 heteroatoms. The van der Waals surface area contributed by atoms with E-state index in [2.05, 4.69) is 10.6 Å². The minimum Gasteiger partial charge on any atom is -0.489 e. The second-order valence-corrected chi connectivity index (χ2v) is 9.30. The molecule has 35 heavy (non-hydrogen) atoms. The summed E-state index contributed by atoms with van der Waals surface area (Å²) in [5.41, 5.74) is 3.54. The van der Waals surface area contributed by atoms with Gasteiger partial charge in [-0.3, -0.25) is 4.79 Å². The highest BCUT2D eigenvalue weighted by Crippen LogP contribution is 2.29. The summed E-state index contributed by atoms with van der Waals surface area (Å²) in [7, 11) is 0. The number of carbonyl (C=O) groups is 1. The van der Waals surface area contributed by atoms with Gasteiger partial charge in [0.2, 0.25) is 5.91 Å². The van der Waals surface area contributed by atoms with Crippen molar-refractivity contribution in [1.29, 1.82) is 0 Å². The number of rotatable bonds is 9. The van der Waals surface area contributed by atoms with E-state index in [9.17, 15) is 13.6 Å². The van der Waals surface area contributed by atoms with Crippen molar-refractivity contribution in [3.8, 4) is 5.75 Å². The molecule has 1 aliphatic carbocycles. The zero-order valence-electron chi connectivity index (χ0n) is 20.1. The predicted molar refractivity (Wildman–Crippen MR) is 136 cm³/mol. The molecule has 1 amide bonds. The van der Waals surface area contributed by atoms with Crippen molar-refractivity contribution >= 4 is 23.0 Å². The molecule has 1 saturated carbocycles. The fourth-order valence-corrected chi connectivity index (χ4v) is 4.49. The summed E-state index contributed by atoms with van der Waals surface area (Å²) in [6.45, 7) is 2.29. The van der Waals surface area contributed by atoms with Gasteiger partial charge in [-0.1, -0.05) is 44.2 Å². The van der Waals surface area contributed by atoms with E-state index >= 15 is 0 Å². The van der Waals surface area contributed by atoms with Crippen LogP contribution in [0.3, 0.4) is 0 Å². The van der Waals surface area contributed by atoms with E-state index < -0.39 is 5.82 Å². The first-order valence-corrected chi connectivity index (χ1v) is 12.3. The SMILES string of the molecule is Cc1cc(OCc2ccc(F)cc2)ccc1Nc1ccc(F)c(NC(=O)CCC2CCCCC2)c1. The van der Waals surface area contributed by atoms with Crippen LogP contribution in [0.4, 0.5) is 25.8 Å². The van der Waals surface area contributed by atoms with Crippen LogP contribution in [0.25, 0.3) is 0 Å². The van der Waals surface area contributed by atoms with E-state index in [1.807, 2.05) is 25.1 Å². The molecule has 0 aromatic heterocycles. The van der Waals surface area contributed by atoms with Crippen molar-refractivity contribution in [2.24, 2.45) is 5.92 Å². The highest BCUT2D eigenvalue weighted by Gasteiger charge is 2.16. The van der Waals surface area contributed by atoms with Crippen molar-refractivity contribution < 1.29 is 18.3 Å². The molecule has 3 aromatic rings. The van der Waals surface area contributed by atoms with Crippen molar-refractivity contribution in [3.05, 3.63) is 83.4 Å². The lowest BCUT2D eigenvalue weighted by Gasteiger charge is -2.21. The summed E-state index contributed by atoms with van der Waals surface area (Å²) in [6, 6.07) is 16.5. The minimum absolute atomic E-state index is 0.148. The summed E-state index contributed by atoms with van der Waals surface area (Å²) in [4.78, 5) is 12.4. The van der Waals surface area contributed by atoms with Gasteiger partial charge in [-0.25, -0.2) is 8.78 Å². The van der Waals surface area contributed by atoms with Gasteiger partial charge < -0.3 is 15.4 Å². The molecule has 0 heterocycles. The lowest BCUT2D eigenvalue weighted by atomic mass is 9.86. The van der Waals surface area contributed by atoms with Crippen molar-refractivity contribution in [2.75, 3.05) is 10.6 Å². The zero-order chi connectivity index (χ0) is 24.6. The second-order valence-electron chi connectivity index (χ2n) is 9.30. The maximum atomic E-state index is 14.4. The van der Waals surface area contributed by atoms with Crippen molar-refractivity contribution in [1.82, 2.24) is 0 Å². The number of hydrogen-bond acceptors (Lipinski definition) is 3. The van der Waals surface area contributed by atoms with Gasteiger partial charge in [-0.15, -0.1) is 0 Å². The Kier molecular flexibility index (Phi) is 8.35. The second kappa shape index (κ2) is 11.8. The van der Waals surface area contributed by atoms with Crippen LogP contribution in [0, 0.1) is 24.5 Å². The quantitative estimate of drug-likeness (QED) is 0.329. The molecule has 0 radical (unpaired) electrons. The van der Waals surface area contributed by atoms with E-state index in [0.717, 1.165) is 23.2 Å². The van der Waals surface area contributed by atoms with E-state index in [1.54, 1.807) is 24.3 Å². The van der Waals surface area contributed by atoms with Crippen LogP contribution in [0.2, 0.25) is 0 Å². The summed E-state index contributed by atoms with van der Waals surface area (Å²) in [5, 5.41) is 6.03. The monoisotopic (exact) mass is 478 g/mol. The average molecular weight is 479 g/mol. The van der Waals surface area contributed by atoms with Gasteiger partial charge in [0, 0.05) is 17.8 Å². The standard InChI is InChI=1S/C29H32F2N2O2/c1-20-17-25(35-19-22-7-10-23(30)11-8-22)13-15-27(20)32-24-12-14-26(31)28(18-24)33-29(34)16-9-21-5-3-2-4-6-21/h7-8,10-15,17-18,21,32H,2-6,9,16,19H2,1H3,(H,33,34). The molecule has 2 N–H and O–H groups in total. The smallest absolute Gasteiger partial charge is 0.224 e. The first-order chi connectivity index (χ1) is 17.0. The van der Waals surface area contributed by atoms with E-state index in [4.69, 9.17) is 4.74 Å². The zero-order valence-corrected chi connectivity index (χ0v) is 20.1. The fraction of sp³-hybridized carbons (Fsp3) is 0.345. The number of benzene rings is 3. The number of amides is 1. The van der Waals surface area contributed by atoms with Crippen LogP contribution < -0.4 is 15.4 Å². The molecule has 4 nitrogen and oxygen atoms in total. The highest BCUT2D eigenvalue weighted by molar-refractivity contribution is 5.91. The van der Waals surface area contributed by atoms with Crippen molar-refractivity contribution in [2.45, 2.75) is 58.5 Å². The van der Waals surface area contributed by atoms with Crippen LogP contribution in [0.1, 0.15) is 56.1 Å². The average Bonchev–Trinajstić information content (AvgIpc) is 2.86. The first kappa shape index (κ1) is 24.7. The van der Waals surface area contributed by atoms with Gasteiger partial charge in [0.15, 0.2) is 0 Å². The molecule has 0 bridgehead atoms. The van der Waals surface area contributed by atoms with Crippen LogP contribution in [-0.4, -0.2) is 5.91 Å². The Bertz CT molecular complexity index is 1140. The van der Waals surface area contributed by atoms with Gasteiger partial charge in [0.25, 0.3) is 0 Å². The number of ether oxygens (including phenoxy) is 1. The number of hydrogen-bond donors (Lipinski definition) is 2. The topological polar surface area (TPSA) is 50.4 Å². The Balaban J connectivity index is 1.33. The molecule has 1 aliphatic rings. The predicted octanol–water partition coefficient (Wildman–Crippen LogP) is 7.89. The van der Waals surface area contributed by atoms with Crippen LogP contribution in [0.5, 0.6) is 5.75 Å².